The topological polar surface area (TPSA) is 96.0 Å². The Hall–Kier alpha value is -4.63. The van der Waals surface area contributed by atoms with Crippen LogP contribution in [0, 0.1) is 20.8 Å². The molecule has 0 radical (unpaired) electrons. The summed E-state index contributed by atoms with van der Waals surface area (Å²) in [6.45, 7) is 9.09. The van der Waals surface area contributed by atoms with Gasteiger partial charge in [0, 0.05) is 19.0 Å². The number of amides is 2. The number of carbonyl (C=O) groups excluding carboxylic acids is 2. The third-order valence-corrected chi connectivity index (χ3v) is 10.3. The Morgan fingerprint density at radius 2 is 1.51 bits per heavy atom. The van der Waals surface area contributed by atoms with Crippen LogP contribution in [-0.4, -0.2) is 50.9 Å². The second-order valence-corrected chi connectivity index (χ2v) is 13.8. The van der Waals surface area contributed by atoms with Crippen LogP contribution in [0.15, 0.2) is 102 Å². The highest BCUT2D eigenvalue weighted by Gasteiger charge is 2.35. The van der Waals surface area contributed by atoms with Crippen molar-refractivity contribution in [3.8, 4) is 5.75 Å². The fourth-order valence-corrected chi connectivity index (χ4v) is 6.79. The van der Waals surface area contributed by atoms with Crippen molar-refractivity contribution in [2.45, 2.75) is 71.0 Å². The van der Waals surface area contributed by atoms with E-state index in [1.807, 2.05) is 95.3 Å². The maximum atomic E-state index is 14.7. The van der Waals surface area contributed by atoms with Crippen molar-refractivity contribution in [3.63, 3.8) is 0 Å². The van der Waals surface area contributed by atoms with Gasteiger partial charge in [-0.25, -0.2) is 8.42 Å². The molecule has 0 aliphatic carbocycles. The van der Waals surface area contributed by atoms with Gasteiger partial charge in [-0.1, -0.05) is 79.2 Å². The van der Waals surface area contributed by atoms with Gasteiger partial charge in [0.05, 0.1) is 17.7 Å². The number of nitrogens with zero attached hydrogens (tertiary/aromatic N) is 2. The number of ether oxygens (including phenoxy) is 1. The molecule has 0 unspecified atom stereocenters. The first-order chi connectivity index (χ1) is 22.4. The van der Waals surface area contributed by atoms with Gasteiger partial charge in [-0.15, -0.1) is 0 Å². The van der Waals surface area contributed by atoms with Gasteiger partial charge in [0.2, 0.25) is 11.8 Å². The largest absolute Gasteiger partial charge is 0.497 e. The maximum absolute atomic E-state index is 14.7. The quantitative estimate of drug-likeness (QED) is 0.170. The van der Waals surface area contributed by atoms with Crippen molar-refractivity contribution >= 4 is 27.5 Å². The molecule has 4 rings (SSSR count). The average molecular weight is 656 g/mol. The predicted molar refractivity (Wildman–Crippen MR) is 187 cm³/mol. The lowest BCUT2D eigenvalue weighted by molar-refractivity contribution is -0.140. The number of aryl methyl sites for hydroxylation is 2. The van der Waals surface area contributed by atoms with Gasteiger partial charge in [-0.05, 0) is 86.7 Å². The lowest BCUT2D eigenvalue weighted by Crippen LogP contribution is -2.54. The summed E-state index contributed by atoms with van der Waals surface area (Å²) in [6.07, 6.45) is 0.954. The molecular weight excluding hydrogens is 611 g/mol. The minimum atomic E-state index is -4.18. The molecular formula is C38H45N3O5S. The number of benzene rings is 4. The molecule has 1 N–H and O–H groups in total. The lowest BCUT2D eigenvalue weighted by atomic mass is 10.0. The molecule has 248 valence electrons. The van der Waals surface area contributed by atoms with E-state index in [1.165, 1.54) is 9.21 Å². The summed E-state index contributed by atoms with van der Waals surface area (Å²) >= 11 is 0. The number of carbonyl (C=O) groups is 2. The van der Waals surface area contributed by atoms with Crippen LogP contribution in [0.3, 0.4) is 0 Å². The van der Waals surface area contributed by atoms with Crippen molar-refractivity contribution < 1.29 is 22.7 Å². The van der Waals surface area contributed by atoms with E-state index in [4.69, 9.17) is 4.74 Å². The number of nitrogens with one attached hydrogen (secondary N) is 1. The molecule has 4 aromatic rings. The Morgan fingerprint density at radius 1 is 0.851 bits per heavy atom. The molecule has 0 aliphatic rings. The Kier molecular flexibility index (Phi) is 11.8. The molecule has 47 heavy (non-hydrogen) atoms. The molecule has 0 heterocycles. The molecule has 0 aliphatic heterocycles. The van der Waals surface area contributed by atoms with Crippen LogP contribution in [0.25, 0.3) is 0 Å². The van der Waals surface area contributed by atoms with Crippen molar-refractivity contribution in [3.05, 3.63) is 125 Å². The van der Waals surface area contributed by atoms with Crippen LogP contribution in [-0.2, 0) is 32.6 Å². The Bertz CT molecular complexity index is 1780. The summed E-state index contributed by atoms with van der Waals surface area (Å²) in [5.74, 6) is -0.207. The van der Waals surface area contributed by atoms with E-state index in [2.05, 4.69) is 5.32 Å². The molecule has 2 amide bonds. The molecule has 0 bridgehead atoms. The highest BCUT2D eigenvalue weighted by atomic mass is 32.2. The van der Waals surface area contributed by atoms with Gasteiger partial charge in [0.25, 0.3) is 10.0 Å². The summed E-state index contributed by atoms with van der Waals surface area (Å²) in [5.41, 5.74) is 4.57. The fraction of sp³-hybridized carbons (Fsp3) is 0.316. The van der Waals surface area contributed by atoms with Crippen LogP contribution in [0.1, 0.15) is 48.1 Å². The third-order valence-electron chi connectivity index (χ3n) is 8.49. The molecule has 0 saturated heterocycles. The van der Waals surface area contributed by atoms with E-state index < -0.39 is 28.5 Å². The van der Waals surface area contributed by atoms with Gasteiger partial charge < -0.3 is 15.0 Å². The molecule has 0 fully saturated rings. The van der Waals surface area contributed by atoms with E-state index in [0.717, 1.165) is 27.8 Å². The zero-order valence-electron chi connectivity index (χ0n) is 28.1. The van der Waals surface area contributed by atoms with Crippen molar-refractivity contribution in [1.29, 1.82) is 0 Å². The molecule has 8 nitrogen and oxygen atoms in total. The fourth-order valence-electron chi connectivity index (χ4n) is 5.32. The van der Waals surface area contributed by atoms with Crippen LogP contribution in [0.2, 0.25) is 0 Å². The van der Waals surface area contributed by atoms with Crippen LogP contribution >= 0.6 is 0 Å². The normalized spacial score (nSPS) is 12.6. The van der Waals surface area contributed by atoms with Crippen molar-refractivity contribution in [2.24, 2.45) is 0 Å². The minimum Gasteiger partial charge on any atom is -0.497 e. The molecule has 0 saturated carbocycles. The Balaban J connectivity index is 1.85. The Labute approximate surface area is 279 Å². The zero-order chi connectivity index (χ0) is 34.1. The number of anilines is 1. The molecule has 0 spiro atoms. The smallest absolute Gasteiger partial charge is 0.264 e. The van der Waals surface area contributed by atoms with Gasteiger partial charge in [-0.3, -0.25) is 13.9 Å². The molecule has 2 atom stereocenters. The third kappa shape index (κ3) is 8.80. The SMILES string of the molecule is CC[C@@H](C)NC(=O)[C@H](Cc1ccccc1)N(Cc1cccc(OC)c1)C(=O)CN(c1cccc(C)c1C)S(=O)(=O)c1ccc(C)cc1. The van der Waals surface area contributed by atoms with E-state index in [1.54, 1.807) is 43.5 Å². The summed E-state index contributed by atoms with van der Waals surface area (Å²) in [6, 6.07) is 27.8. The first-order valence-electron chi connectivity index (χ1n) is 15.9. The molecule has 4 aromatic carbocycles. The summed E-state index contributed by atoms with van der Waals surface area (Å²) < 4.78 is 35.3. The molecule has 9 heteroatoms. The number of hydrogen-bond donors (Lipinski definition) is 1. The van der Waals surface area contributed by atoms with Crippen LogP contribution in [0.4, 0.5) is 5.69 Å². The second-order valence-electron chi connectivity index (χ2n) is 11.9. The van der Waals surface area contributed by atoms with E-state index in [9.17, 15) is 18.0 Å². The minimum absolute atomic E-state index is 0.0622. The maximum Gasteiger partial charge on any atom is 0.264 e. The van der Waals surface area contributed by atoms with Gasteiger partial charge in [0.1, 0.15) is 18.3 Å². The molecule has 0 aromatic heterocycles. The van der Waals surface area contributed by atoms with E-state index in [0.29, 0.717) is 17.9 Å². The summed E-state index contributed by atoms with van der Waals surface area (Å²) in [4.78, 5) is 30.3. The van der Waals surface area contributed by atoms with Crippen molar-refractivity contribution in [1.82, 2.24) is 10.2 Å². The highest BCUT2D eigenvalue weighted by molar-refractivity contribution is 7.92. The number of hydrogen-bond acceptors (Lipinski definition) is 5. The Morgan fingerprint density at radius 3 is 2.17 bits per heavy atom. The van der Waals surface area contributed by atoms with Crippen LogP contribution < -0.4 is 14.4 Å². The number of sulfonamides is 1. The lowest BCUT2D eigenvalue weighted by Gasteiger charge is -2.34. The summed E-state index contributed by atoms with van der Waals surface area (Å²) in [5, 5.41) is 3.07. The first kappa shape index (κ1) is 35.2. The van der Waals surface area contributed by atoms with E-state index >= 15 is 0 Å². The van der Waals surface area contributed by atoms with Gasteiger partial charge in [0.15, 0.2) is 0 Å². The zero-order valence-corrected chi connectivity index (χ0v) is 28.9. The monoisotopic (exact) mass is 655 g/mol. The second kappa shape index (κ2) is 15.8. The van der Waals surface area contributed by atoms with Crippen LogP contribution in [0.5, 0.6) is 5.75 Å². The number of rotatable bonds is 14. The van der Waals surface area contributed by atoms with E-state index in [-0.39, 0.29) is 29.8 Å². The van der Waals surface area contributed by atoms with Gasteiger partial charge in [-0.2, -0.15) is 0 Å². The first-order valence-corrected chi connectivity index (χ1v) is 17.3. The number of methoxy groups -OCH3 is 1. The standard InChI is InChI=1S/C38H45N3O5S/c1-7-29(4)39-38(43)36(24-31-14-9-8-10-15-31)40(25-32-16-12-17-33(23-32)46-6)37(42)26-41(35-18-11-13-28(3)30(35)5)47(44,45)34-21-19-27(2)20-22-34/h8-23,29,36H,7,24-26H2,1-6H3,(H,39,43)/t29-,36+/m1/s1. The highest BCUT2D eigenvalue weighted by Crippen LogP contribution is 2.30. The predicted octanol–water partition coefficient (Wildman–Crippen LogP) is 6.37. The summed E-state index contributed by atoms with van der Waals surface area (Å²) in [7, 11) is -2.62. The van der Waals surface area contributed by atoms with Gasteiger partial charge >= 0.3 is 0 Å². The van der Waals surface area contributed by atoms with Crippen molar-refractivity contribution in [2.75, 3.05) is 18.0 Å². The average Bonchev–Trinajstić information content (AvgIpc) is 3.07.